The van der Waals surface area contributed by atoms with E-state index in [9.17, 15) is 4.79 Å². The molecule has 0 amide bonds. The second-order valence-corrected chi connectivity index (χ2v) is 4.22. The van der Waals surface area contributed by atoms with Gasteiger partial charge in [-0.1, -0.05) is 18.7 Å². The number of benzene rings is 1. The lowest BCUT2D eigenvalue weighted by Crippen LogP contribution is -2.06. The maximum atomic E-state index is 12.0. The van der Waals surface area contributed by atoms with Gasteiger partial charge in [-0.3, -0.25) is 0 Å². The van der Waals surface area contributed by atoms with E-state index in [2.05, 4.69) is 6.58 Å². The lowest BCUT2D eigenvalue weighted by Gasteiger charge is -2.02. The summed E-state index contributed by atoms with van der Waals surface area (Å²) in [5.41, 5.74) is 3.60. The van der Waals surface area contributed by atoms with Crippen LogP contribution in [0.3, 0.4) is 0 Å². The van der Waals surface area contributed by atoms with Crippen LogP contribution in [-0.2, 0) is 11.8 Å². The summed E-state index contributed by atoms with van der Waals surface area (Å²) in [6.45, 7) is 7.88. The molecule has 1 heterocycles. The first-order chi connectivity index (χ1) is 8.60. The first-order valence-electron chi connectivity index (χ1n) is 5.98. The van der Waals surface area contributed by atoms with Gasteiger partial charge >= 0.3 is 5.97 Å². The quantitative estimate of drug-likeness (QED) is 0.774. The molecule has 0 aliphatic heterocycles. The molecular weight excluding hydrogens is 226 g/mol. The minimum absolute atomic E-state index is 0.262. The van der Waals surface area contributed by atoms with E-state index in [1.165, 1.54) is 0 Å². The monoisotopic (exact) mass is 243 g/mol. The summed E-state index contributed by atoms with van der Waals surface area (Å²) >= 11 is 0. The zero-order valence-electron chi connectivity index (χ0n) is 11.0. The average Bonchev–Trinajstić information content (AvgIpc) is 2.62. The fourth-order valence-corrected chi connectivity index (χ4v) is 2.18. The number of aryl methyl sites for hydroxylation is 1. The van der Waals surface area contributed by atoms with Crippen LogP contribution in [0.5, 0.6) is 0 Å². The third kappa shape index (κ3) is 1.82. The molecule has 3 heteroatoms. The summed E-state index contributed by atoms with van der Waals surface area (Å²) < 4.78 is 7.13. The van der Waals surface area contributed by atoms with Gasteiger partial charge in [0.1, 0.15) is 0 Å². The molecule has 0 aliphatic carbocycles. The lowest BCUT2D eigenvalue weighted by molar-refractivity contribution is 0.0527. The predicted octanol–water partition coefficient (Wildman–Crippen LogP) is 3.31. The van der Waals surface area contributed by atoms with Gasteiger partial charge in [0.05, 0.1) is 12.2 Å². The SMILES string of the molecule is C=Cc1ccc2c(c1)c(C(=O)OCC)c(C)n2C. The van der Waals surface area contributed by atoms with Gasteiger partial charge in [0.2, 0.25) is 0 Å². The van der Waals surface area contributed by atoms with Gasteiger partial charge in [-0.15, -0.1) is 0 Å². The van der Waals surface area contributed by atoms with Crippen molar-refractivity contribution in [2.24, 2.45) is 7.05 Å². The average molecular weight is 243 g/mol. The molecule has 0 aliphatic rings. The Morgan fingerprint density at radius 2 is 2.22 bits per heavy atom. The summed E-state index contributed by atoms with van der Waals surface area (Å²) in [6.07, 6.45) is 1.77. The number of carbonyl (C=O) groups is 1. The van der Waals surface area contributed by atoms with Gasteiger partial charge in [-0.2, -0.15) is 0 Å². The predicted molar refractivity (Wildman–Crippen MR) is 73.7 cm³/mol. The Morgan fingerprint density at radius 1 is 1.50 bits per heavy atom. The van der Waals surface area contributed by atoms with Gasteiger partial charge in [-0.05, 0) is 31.5 Å². The largest absolute Gasteiger partial charge is 0.462 e. The minimum atomic E-state index is -0.262. The third-order valence-corrected chi connectivity index (χ3v) is 3.23. The smallest absolute Gasteiger partial charge is 0.340 e. The zero-order valence-corrected chi connectivity index (χ0v) is 11.0. The molecule has 1 aromatic carbocycles. The van der Waals surface area contributed by atoms with Crippen molar-refractivity contribution in [3.8, 4) is 0 Å². The van der Waals surface area contributed by atoms with Crippen LogP contribution in [0.1, 0.15) is 28.5 Å². The van der Waals surface area contributed by atoms with Crippen LogP contribution in [-0.4, -0.2) is 17.1 Å². The molecule has 0 saturated heterocycles. The first-order valence-corrected chi connectivity index (χ1v) is 5.98. The van der Waals surface area contributed by atoms with Crippen LogP contribution < -0.4 is 0 Å². The Morgan fingerprint density at radius 3 is 2.83 bits per heavy atom. The van der Waals surface area contributed by atoms with Crippen molar-refractivity contribution in [2.75, 3.05) is 6.61 Å². The number of fused-ring (bicyclic) bond motifs is 1. The summed E-state index contributed by atoms with van der Waals surface area (Å²) in [5.74, 6) is -0.262. The highest BCUT2D eigenvalue weighted by molar-refractivity contribution is 6.06. The molecule has 0 unspecified atom stereocenters. The minimum Gasteiger partial charge on any atom is -0.462 e. The van der Waals surface area contributed by atoms with E-state index in [0.29, 0.717) is 12.2 Å². The van der Waals surface area contributed by atoms with E-state index in [0.717, 1.165) is 22.2 Å². The van der Waals surface area contributed by atoms with Crippen molar-refractivity contribution in [3.63, 3.8) is 0 Å². The Hall–Kier alpha value is -2.03. The number of carbonyl (C=O) groups excluding carboxylic acids is 1. The number of aromatic nitrogens is 1. The van der Waals surface area contributed by atoms with Crippen LogP contribution in [0.15, 0.2) is 24.8 Å². The summed E-state index contributed by atoms with van der Waals surface area (Å²) in [6, 6.07) is 5.97. The second kappa shape index (κ2) is 4.69. The van der Waals surface area contributed by atoms with E-state index in [-0.39, 0.29) is 5.97 Å². The highest BCUT2D eigenvalue weighted by atomic mass is 16.5. The number of ether oxygens (including phenoxy) is 1. The molecule has 3 nitrogen and oxygen atoms in total. The van der Waals surface area contributed by atoms with Gasteiger partial charge in [-0.25, -0.2) is 4.79 Å². The molecule has 2 rings (SSSR count). The van der Waals surface area contributed by atoms with Crippen molar-refractivity contribution in [3.05, 3.63) is 41.6 Å². The second-order valence-electron chi connectivity index (χ2n) is 4.22. The van der Waals surface area contributed by atoms with Crippen molar-refractivity contribution < 1.29 is 9.53 Å². The molecular formula is C15H17NO2. The Kier molecular flexibility index (Phi) is 3.24. The van der Waals surface area contributed by atoms with Crippen molar-refractivity contribution in [1.29, 1.82) is 0 Å². The normalized spacial score (nSPS) is 10.6. The van der Waals surface area contributed by atoms with Crippen LogP contribution >= 0.6 is 0 Å². The molecule has 0 N–H and O–H groups in total. The fraction of sp³-hybridized carbons (Fsp3) is 0.267. The third-order valence-electron chi connectivity index (χ3n) is 3.23. The highest BCUT2D eigenvalue weighted by Gasteiger charge is 2.19. The molecule has 2 aromatic rings. The fourth-order valence-electron chi connectivity index (χ4n) is 2.18. The summed E-state index contributed by atoms with van der Waals surface area (Å²) in [4.78, 5) is 12.0. The first kappa shape index (κ1) is 12.4. The number of esters is 1. The molecule has 94 valence electrons. The van der Waals surface area contributed by atoms with E-state index in [1.807, 2.05) is 43.7 Å². The zero-order chi connectivity index (χ0) is 13.3. The summed E-state index contributed by atoms with van der Waals surface area (Å²) in [7, 11) is 1.95. The molecule has 0 atom stereocenters. The van der Waals surface area contributed by atoms with Crippen LogP contribution in [0.2, 0.25) is 0 Å². The number of hydrogen-bond donors (Lipinski definition) is 0. The molecule has 18 heavy (non-hydrogen) atoms. The molecule has 1 aromatic heterocycles. The number of rotatable bonds is 3. The standard InChI is InChI=1S/C15H17NO2/c1-5-11-7-8-13-12(9-11)14(10(3)16(13)4)15(17)18-6-2/h5,7-9H,1,6H2,2-4H3. The Balaban J connectivity index is 2.73. The van der Waals surface area contributed by atoms with Crippen molar-refractivity contribution >= 4 is 22.9 Å². The molecule has 0 saturated carbocycles. The Labute approximate surface area is 107 Å². The van der Waals surface area contributed by atoms with Crippen LogP contribution in [0.25, 0.3) is 17.0 Å². The molecule has 0 radical (unpaired) electrons. The molecule has 0 fully saturated rings. The van der Waals surface area contributed by atoms with Gasteiger partial charge in [0.25, 0.3) is 0 Å². The van der Waals surface area contributed by atoms with Crippen LogP contribution in [0.4, 0.5) is 0 Å². The van der Waals surface area contributed by atoms with E-state index in [1.54, 1.807) is 6.08 Å². The van der Waals surface area contributed by atoms with E-state index < -0.39 is 0 Å². The van der Waals surface area contributed by atoms with Crippen molar-refractivity contribution in [2.45, 2.75) is 13.8 Å². The number of nitrogens with zero attached hydrogens (tertiary/aromatic N) is 1. The lowest BCUT2D eigenvalue weighted by atomic mass is 10.1. The van der Waals surface area contributed by atoms with Crippen molar-refractivity contribution in [1.82, 2.24) is 4.57 Å². The maximum absolute atomic E-state index is 12.0. The Bertz CT molecular complexity index is 623. The maximum Gasteiger partial charge on any atom is 0.340 e. The van der Waals surface area contributed by atoms with E-state index in [4.69, 9.17) is 4.74 Å². The van der Waals surface area contributed by atoms with Gasteiger partial charge < -0.3 is 9.30 Å². The molecule has 0 spiro atoms. The molecule has 0 bridgehead atoms. The topological polar surface area (TPSA) is 31.2 Å². The van der Waals surface area contributed by atoms with Crippen LogP contribution in [0, 0.1) is 6.92 Å². The van der Waals surface area contributed by atoms with Gasteiger partial charge in [0.15, 0.2) is 0 Å². The number of hydrogen-bond acceptors (Lipinski definition) is 2. The van der Waals surface area contributed by atoms with Gasteiger partial charge in [0, 0.05) is 23.6 Å². The summed E-state index contributed by atoms with van der Waals surface area (Å²) in [5, 5.41) is 0.922. The van der Waals surface area contributed by atoms with E-state index >= 15 is 0 Å². The highest BCUT2D eigenvalue weighted by Crippen LogP contribution is 2.27.